The Kier molecular flexibility index (Phi) is 4.26. The number of ether oxygens (including phenoxy) is 1. The van der Waals surface area contributed by atoms with Crippen LogP contribution in [0.1, 0.15) is 50.5 Å². The third kappa shape index (κ3) is 3.28. The monoisotopic (exact) mass is 362 g/mol. The zero-order valence-corrected chi connectivity index (χ0v) is 15.6. The highest BCUT2D eigenvalue weighted by atomic mass is 32.2. The molecule has 1 atom stereocenters. The Morgan fingerprint density at radius 2 is 1.84 bits per heavy atom. The Bertz CT molecular complexity index is 764. The molecule has 1 aliphatic carbocycles. The van der Waals surface area contributed by atoms with Crippen LogP contribution in [0.5, 0.6) is 0 Å². The van der Waals surface area contributed by atoms with Crippen molar-refractivity contribution in [2.45, 2.75) is 62.8 Å². The highest BCUT2D eigenvalue weighted by Gasteiger charge is 2.45. The van der Waals surface area contributed by atoms with Gasteiger partial charge >= 0.3 is 6.02 Å². The number of aryl methyl sites for hydroxylation is 1. The predicted octanol–water partition coefficient (Wildman–Crippen LogP) is 3.48. The van der Waals surface area contributed by atoms with Gasteiger partial charge in [0.15, 0.2) is 0 Å². The van der Waals surface area contributed by atoms with E-state index in [-0.39, 0.29) is 10.9 Å². The number of nitrogens with zero attached hydrogens (tertiary/aromatic N) is 2. The van der Waals surface area contributed by atoms with Crippen molar-refractivity contribution in [1.29, 1.82) is 0 Å². The van der Waals surface area contributed by atoms with Gasteiger partial charge in [-0.15, -0.1) is 4.40 Å². The summed E-state index contributed by atoms with van der Waals surface area (Å²) in [7, 11) is -3.73. The molecule has 1 spiro atoms. The maximum absolute atomic E-state index is 12.6. The molecule has 2 heterocycles. The van der Waals surface area contributed by atoms with Gasteiger partial charge in [-0.05, 0) is 50.2 Å². The standard InChI is InChI=1S/C19H26N2O3S/c1-15-5-7-17(8-6-15)25(22,23)20-18-21-14-19(10-3-2-4-11-19)12-9-16(21)13-24-18/h5-8,16H,2-4,9-14H2,1H3/b20-18-. The second kappa shape index (κ2) is 6.31. The Morgan fingerprint density at radius 3 is 2.56 bits per heavy atom. The number of rotatable bonds is 2. The van der Waals surface area contributed by atoms with Crippen molar-refractivity contribution in [2.24, 2.45) is 9.81 Å². The average Bonchev–Trinajstić information content (AvgIpc) is 2.97. The Morgan fingerprint density at radius 1 is 1.12 bits per heavy atom. The first-order valence-electron chi connectivity index (χ1n) is 9.29. The Balaban J connectivity index is 1.59. The van der Waals surface area contributed by atoms with Crippen molar-refractivity contribution in [1.82, 2.24) is 4.90 Å². The first kappa shape index (κ1) is 16.9. The minimum absolute atomic E-state index is 0.224. The van der Waals surface area contributed by atoms with Gasteiger partial charge in [-0.3, -0.25) is 0 Å². The second-order valence-corrected chi connectivity index (χ2v) is 9.46. The minimum atomic E-state index is -3.73. The fraction of sp³-hybridized carbons (Fsp3) is 0.632. The average molecular weight is 362 g/mol. The van der Waals surface area contributed by atoms with Crippen molar-refractivity contribution < 1.29 is 13.2 Å². The topological polar surface area (TPSA) is 59.0 Å². The largest absolute Gasteiger partial charge is 0.462 e. The van der Waals surface area contributed by atoms with Gasteiger partial charge in [-0.25, -0.2) is 0 Å². The molecule has 136 valence electrons. The molecule has 1 aromatic carbocycles. The fourth-order valence-electron chi connectivity index (χ4n) is 4.50. The number of sulfonamides is 1. The van der Waals surface area contributed by atoms with E-state index < -0.39 is 10.0 Å². The predicted molar refractivity (Wildman–Crippen MR) is 97.0 cm³/mol. The van der Waals surface area contributed by atoms with Crippen LogP contribution in [0.2, 0.25) is 0 Å². The molecule has 4 rings (SSSR count). The first-order valence-corrected chi connectivity index (χ1v) is 10.7. The van der Waals surface area contributed by atoms with Crippen LogP contribution in [-0.4, -0.2) is 38.5 Å². The van der Waals surface area contributed by atoms with Crippen molar-refractivity contribution in [3.05, 3.63) is 29.8 Å². The van der Waals surface area contributed by atoms with E-state index in [1.807, 2.05) is 6.92 Å². The highest BCUT2D eigenvalue weighted by molar-refractivity contribution is 7.90. The summed E-state index contributed by atoms with van der Waals surface area (Å²) in [6.45, 7) is 3.38. The van der Waals surface area contributed by atoms with Crippen LogP contribution < -0.4 is 0 Å². The van der Waals surface area contributed by atoms with Crippen molar-refractivity contribution in [2.75, 3.05) is 13.2 Å². The normalized spacial score (nSPS) is 27.3. The van der Waals surface area contributed by atoms with E-state index in [0.717, 1.165) is 18.5 Å². The lowest BCUT2D eigenvalue weighted by Gasteiger charge is -2.46. The molecular weight excluding hydrogens is 336 g/mol. The first-order chi connectivity index (χ1) is 12.0. The van der Waals surface area contributed by atoms with Gasteiger partial charge in [-0.1, -0.05) is 37.0 Å². The molecule has 0 N–H and O–H groups in total. The SMILES string of the molecule is Cc1ccc(S(=O)(=O)/N=C2\OCC3CCC4(CCCCC4)CN23)cc1. The van der Waals surface area contributed by atoms with Crippen LogP contribution in [-0.2, 0) is 14.8 Å². The summed E-state index contributed by atoms with van der Waals surface area (Å²) >= 11 is 0. The third-order valence-electron chi connectivity index (χ3n) is 6.04. The number of hydrogen-bond donors (Lipinski definition) is 0. The van der Waals surface area contributed by atoms with Crippen LogP contribution >= 0.6 is 0 Å². The molecule has 1 unspecified atom stereocenters. The molecule has 5 nitrogen and oxygen atoms in total. The van der Waals surface area contributed by atoms with E-state index in [1.54, 1.807) is 24.3 Å². The lowest BCUT2D eigenvalue weighted by molar-refractivity contribution is 0.0683. The molecule has 0 amide bonds. The number of fused-ring (bicyclic) bond motifs is 1. The molecule has 1 aromatic rings. The molecule has 1 saturated carbocycles. The van der Waals surface area contributed by atoms with Gasteiger partial charge in [0.25, 0.3) is 10.0 Å². The summed E-state index contributed by atoms with van der Waals surface area (Å²) < 4.78 is 35.1. The maximum atomic E-state index is 12.6. The molecular formula is C19H26N2O3S. The van der Waals surface area contributed by atoms with Crippen LogP contribution in [0.4, 0.5) is 0 Å². The fourth-order valence-corrected chi connectivity index (χ4v) is 5.45. The van der Waals surface area contributed by atoms with E-state index in [1.165, 1.54) is 38.5 Å². The molecule has 6 heteroatoms. The zero-order valence-electron chi connectivity index (χ0n) is 14.8. The summed E-state index contributed by atoms with van der Waals surface area (Å²) in [5, 5.41) is 0. The van der Waals surface area contributed by atoms with E-state index in [4.69, 9.17) is 4.74 Å². The van der Waals surface area contributed by atoms with Gasteiger partial charge in [-0.2, -0.15) is 8.42 Å². The lowest BCUT2D eigenvalue weighted by atomic mass is 9.68. The molecule has 25 heavy (non-hydrogen) atoms. The number of amidine groups is 1. The van der Waals surface area contributed by atoms with Crippen molar-refractivity contribution in [3.8, 4) is 0 Å². The third-order valence-corrected chi connectivity index (χ3v) is 7.30. The molecule has 0 aromatic heterocycles. The summed E-state index contributed by atoms with van der Waals surface area (Å²) in [5.74, 6) is 0. The van der Waals surface area contributed by atoms with Gasteiger partial charge < -0.3 is 9.64 Å². The van der Waals surface area contributed by atoms with Crippen molar-refractivity contribution in [3.63, 3.8) is 0 Å². The minimum Gasteiger partial charge on any atom is -0.462 e. The smallest absolute Gasteiger partial charge is 0.303 e. The number of benzene rings is 1. The maximum Gasteiger partial charge on any atom is 0.303 e. The quantitative estimate of drug-likeness (QED) is 0.808. The van der Waals surface area contributed by atoms with E-state index in [0.29, 0.717) is 18.0 Å². The van der Waals surface area contributed by atoms with E-state index >= 15 is 0 Å². The summed E-state index contributed by atoms with van der Waals surface area (Å²) in [6, 6.07) is 7.39. The number of piperidine rings is 1. The Hall–Kier alpha value is -1.56. The zero-order chi connectivity index (χ0) is 17.5. The second-order valence-electron chi connectivity index (χ2n) is 7.85. The summed E-state index contributed by atoms with van der Waals surface area (Å²) in [6.07, 6.45) is 8.69. The van der Waals surface area contributed by atoms with Gasteiger partial charge in [0, 0.05) is 6.54 Å². The van der Waals surface area contributed by atoms with Crippen LogP contribution in [0.3, 0.4) is 0 Å². The summed E-state index contributed by atoms with van der Waals surface area (Å²) in [5.41, 5.74) is 1.36. The molecule has 0 bridgehead atoms. The van der Waals surface area contributed by atoms with E-state index in [9.17, 15) is 8.42 Å². The molecule has 0 radical (unpaired) electrons. The van der Waals surface area contributed by atoms with Gasteiger partial charge in [0.1, 0.15) is 6.61 Å². The van der Waals surface area contributed by atoms with Crippen LogP contribution in [0.15, 0.2) is 33.6 Å². The molecule has 2 saturated heterocycles. The lowest BCUT2D eigenvalue weighted by Crippen LogP contribution is -2.49. The van der Waals surface area contributed by atoms with E-state index in [2.05, 4.69) is 9.30 Å². The summed E-state index contributed by atoms with van der Waals surface area (Å²) in [4.78, 5) is 2.35. The molecule has 3 fully saturated rings. The van der Waals surface area contributed by atoms with Gasteiger partial charge in [0.2, 0.25) is 0 Å². The molecule has 3 aliphatic rings. The van der Waals surface area contributed by atoms with Crippen molar-refractivity contribution >= 4 is 16.0 Å². The van der Waals surface area contributed by atoms with Gasteiger partial charge in [0.05, 0.1) is 10.9 Å². The van der Waals surface area contributed by atoms with Crippen LogP contribution in [0, 0.1) is 12.3 Å². The van der Waals surface area contributed by atoms with Crippen LogP contribution in [0.25, 0.3) is 0 Å². The highest BCUT2D eigenvalue weighted by Crippen LogP contribution is 2.45. The number of hydrogen-bond acceptors (Lipinski definition) is 3. The Labute approximate surface area is 150 Å². The molecule has 2 aliphatic heterocycles.